The quantitative estimate of drug-likeness (QED) is 0.510. The number of amides is 1. The molecular weight excluding hydrogens is 444 g/mol. The van der Waals surface area contributed by atoms with Crippen LogP contribution in [-0.4, -0.2) is 65.2 Å². The van der Waals surface area contributed by atoms with Gasteiger partial charge in [0.05, 0.1) is 23.3 Å². The summed E-state index contributed by atoms with van der Waals surface area (Å²) in [5.41, 5.74) is 1.58. The van der Waals surface area contributed by atoms with Gasteiger partial charge in [-0.3, -0.25) is 9.79 Å². The van der Waals surface area contributed by atoms with Crippen LogP contribution in [0.25, 0.3) is 5.76 Å². The van der Waals surface area contributed by atoms with Crippen molar-refractivity contribution in [1.82, 2.24) is 4.90 Å². The normalized spacial score (nSPS) is 26.3. The molecule has 7 nitrogen and oxygen atoms in total. The highest BCUT2D eigenvalue weighted by molar-refractivity contribution is 6.33. The molecular formula is C25H29ClN2O5. The van der Waals surface area contributed by atoms with Gasteiger partial charge in [0.1, 0.15) is 23.4 Å². The minimum atomic E-state index is -0.216. The Balaban J connectivity index is 1.59. The lowest BCUT2D eigenvalue weighted by Gasteiger charge is -2.18. The standard InChI is InChI=1S/C25H29ClN2O5/c1-16-24-18(25(26)20(30)15-19(24)29)14-17(27-10-5-12-28-11-4-8-23(28)31)6-2-3-7-21-22(33-21)9-13-32-16/h2-3,6-7,15,21-22,29-30H,1,4-5,8-14H2/b6-2+,7-3-,27-17?. The predicted molar refractivity (Wildman–Crippen MR) is 128 cm³/mol. The number of carbonyl (C=O) groups is 1. The lowest BCUT2D eigenvalue weighted by Crippen LogP contribution is -2.26. The van der Waals surface area contributed by atoms with Crippen LogP contribution in [0.4, 0.5) is 0 Å². The van der Waals surface area contributed by atoms with Gasteiger partial charge in [0.15, 0.2) is 0 Å². The molecule has 1 aromatic rings. The molecule has 3 heterocycles. The van der Waals surface area contributed by atoms with Crippen LogP contribution in [-0.2, 0) is 20.7 Å². The van der Waals surface area contributed by atoms with Gasteiger partial charge in [-0.2, -0.15) is 0 Å². The van der Waals surface area contributed by atoms with Crippen LogP contribution in [0.3, 0.4) is 0 Å². The highest BCUT2D eigenvalue weighted by Gasteiger charge is 2.36. The van der Waals surface area contributed by atoms with E-state index < -0.39 is 0 Å². The summed E-state index contributed by atoms with van der Waals surface area (Å²) in [6.07, 6.45) is 11.1. The maximum Gasteiger partial charge on any atom is 0.222 e. The van der Waals surface area contributed by atoms with Crippen LogP contribution in [0.2, 0.25) is 5.02 Å². The third-order valence-electron chi connectivity index (χ3n) is 6.03. The van der Waals surface area contributed by atoms with E-state index in [1.807, 2.05) is 29.2 Å². The second-order valence-electron chi connectivity index (χ2n) is 8.41. The summed E-state index contributed by atoms with van der Waals surface area (Å²) in [7, 11) is 0. The first-order valence-electron chi connectivity index (χ1n) is 11.3. The fraction of sp³-hybridized carbons (Fsp3) is 0.440. The molecule has 33 heavy (non-hydrogen) atoms. The van der Waals surface area contributed by atoms with E-state index >= 15 is 0 Å². The summed E-state index contributed by atoms with van der Waals surface area (Å²) >= 11 is 6.44. The summed E-state index contributed by atoms with van der Waals surface area (Å²) < 4.78 is 11.4. The predicted octanol–water partition coefficient (Wildman–Crippen LogP) is 4.02. The van der Waals surface area contributed by atoms with Crippen molar-refractivity contribution in [2.45, 2.75) is 44.3 Å². The van der Waals surface area contributed by atoms with Gasteiger partial charge in [-0.05, 0) is 24.5 Å². The Hall–Kier alpha value is -2.77. The molecule has 2 fully saturated rings. The summed E-state index contributed by atoms with van der Waals surface area (Å²) in [5.74, 6) is 0.119. The Kier molecular flexibility index (Phi) is 7.40. The number of aromatic hydroxyl groups is 2. The number of phenols is 2. The Bertz CT molecular complexity index is 1020. The first kappa shape index (κ1) is 23.4. The molecule has 2 unspecified atom stereocenters. The van der Waals surface area contributed by atoms with Crippen molar-refractivity contribution < 1.29 is 24.5 Å². The molecule has 1 aromatic carbocycles. The minimum Gasteiger partial charge on any atom is -0.507 e. The average Bonchev–Trinajstić information content (AvgIpc) is 3.40. The maximum atomic E-state index is 11.8. The highest BCUT2D eigenvalue weighted by atomic mass is 35.5. The first-order valence-corrected chi connectivity index (χ1v) is 11.7. The number of allylic oxidation sites excluding steroid dienone is 3. The van der Waals surface area contributed by atoms with Crippen LogP contribution in [0.5, 0.6) is 11.5 Å². The zero-order chi connectivity index (χ0) is 23.4. The number of benzene rings is 1. The van der Waals surface area contributed by atoms with E-state index in [9.17, 15) is 15.0 Å². The molecule has 3 aliphatic heterocycles. The topological polar surface area (TPSA) is 94.9 Å². The number of carbonyl (C=O) groups excluding carboxylic acids is 1. The molecule has 8 heteroatoms. The van der Waals surface area contributed by atoms with E-state index in [0.29, 0.717) is 43.7 Å². The van der Waals surface area contributed by atoms with Gasteiger partial charge in [0.2, 0.25) is 5.91 Å². The van der Waals surface area contributed by atoms with E-state index in [2.05, 4.69) is 6.58 Å². The summed E-state index contributed by atoms with van der Waals surface area (Å²) in [4.78, 5) is 18.4. The van der Waals surface area contributed by atoms with Crippen LogP contribution in [0, 0.1) is 0 Å². The summed E-state index contributed by atoms with van der Waals surface area (Å²) in [6, 6.07) is 1.20. The SMILES string of the molecule is C=C1OCCC2OC2/C=C\C=C\C(=NCCCN2CCCC2=O)Cc2c(Cl)c(O)cc(O)c21. The fourth-order valence-electron chi connectivity index (χ4n) is 4.20. The number of ether oxygens (including phenoxy) is 2. The molecule has 4 rings (SSSR count). The number of hydrogen-bond acceptors (Lipinski definition) is 6. The monoisotopic (exact) mass is 472 g/mol. The van der Waals surface area contributed by atoms with Crippen molar-refractivity contribution in [3.63, 3.8) is 0 Å². The number of epoxide rings is 1. The van der Waals surface area contributed by atoms with Crippen LogP contribution in [0.15, 0.2) is 41.9 Å². The number of halogens is 1. The zero-order valence-electron chi connectivity index (χ0n) is 18.5. The third-order valence-corrected chi connectivity index (χ3v) is 6.45. The Morgan fingerprint density at radius 2 is 2.12 bits per heavy atom. The molecule has 0 radical (unpaired) electrons. The number of phenolic OH excluding ortho intramolecular Hbond substituents is 2. The van der Waals surface area contributed by atoms with Gasteiger partial charge in [-0.15, -0.1) is 0 Å². The van der Waals surface area contributed by atoms with E-state index in [4.69, 9.17) is 26.1 Å². The zero-order valence-corrected chi connectivity index (χ0v) is 19.3. The van der Waals surface area contributed by atoms with Crippen molar-refractivity contribution in [2.75, 3.05) is 26.2 Å². The number of aliphatic imine (C=N–C) groups is 1. The number of likely N-dealkylation sites (tertiary alicyclic amines) is 1. The van der Waals surface area contributed by atoms with Crippen LogP contribution >= 0.6 is 11.6 Å². The number of hydrogen-bond donors (Lipinski definition) is 2. The highest BCUT2D eigenvalue weighted by Crippen LogP contribution is 2.40. The van der Waals surface area contributed by atoms with Crippen molar-refractivity contribution in [2.24, 2.45) is 4.99 Å². The third kappa shape index (κ3) is 5.78. The largest absolute Gasteiger partial charge is 0.507 e. The number of fused-ring (bicyclic) bond motifs is 2. The van der Waals surface area contributed by atoms with Gasteiger partial charge in [-0.1, -0.05) is 36.4 Å². The molecule has 2 saturated heterocycles. The van der Waals surface area contributed by atoms with E-state index in [0.717, 1.165) is 25.1 Å². The average molecular weight is 473 g/mol. The molecule has 0 bridgehead atoms. The molecule has 1 amide bonds. The molecule has 3 aliphatic rings. The van der Waals surface area contributed by atoms with Gasteiger partial charge < -0.3 is 24.6 Å². The molecule has 0 spiro atoms. The molecule has 0 aliphatic carbocycles. The van der Waals surface area contributed by atoms with Gasteiger partial charge in [0, 0.05) is 50.7 Å². The second kappa shape index (κ2) is 10.4. The van der Waals surface area contributed by atoms with Crippen LogP contribution in [0.1, 0.15) is 36.8 Å². The van der Waals surface area contributed by atoms with E-state index in [-0.39, 0.29) is 46.8 Å². The summed E-state index contributed by atoms with van der Waals surface area (Å²) in [6.45, 7) is 6.40. The van der Waals surface area contributed by atoms with E-state index in [1.165, 1.54) is 6.07 Å². The summed E-state index contributed by atoms with van der Waals surface area (Å²) in [5, 5.41) is 20.9. The number of nitrogens with zero attached hydrogens (tertiary/aromatic N) is 2. The fourth-order valence-corrected chi connectivity index (χ4v) is 4.42. The molecule has 0 aromatic heterocycles. The molecule has 2 atom stereocenters. The molecule has 176 valence electrons. The Morgan fingerprint density at radius 1 is 1.27 bits per heavy atom. The van der Waals surface area contributed by atoms with E-state index in [1.54, 1.807) is 0 Å². The second-order valence-corrected chi connectivity index (χ2v) is 8.79. The Labute approximate surface area is 198 Å². The van der Waals surface area contributed by atoms with Gasteiger partial charge in [-0.25, -0.2) is 0 Å². The number of rotatable bonds is 4. The van der Waals surface area contributed by atoms with Crippen molar-refractivity contribution in [3.8, 4) is 11.5 Å². The first-order chi connectivity index (χ1) is 15.9. The molecule has 2 N–H and O–H groups in total. The smallest absolute Gasteiger partial charge is 0.222 e. The maximum absolute atomic E-state index is 11.8. The molecule has 0 saturated carbocycles. The van der Waals surface area contributed by atoms with Crippen LogP contribution < -0.4 is 0 Å². The van der Waals surface area contributed by atoms with Crippen molar-refractivity contribution in [1.29, 1.82) is 0 Å². The van der Waals surface area contributed by atoms with Gasteiger partial charge in [0.25, 0.3) is 0 Å². The lowest BCUT2D eigenvalue weighted by atomic mass is 9.98. The minimum absolute atomic E-state index is 0.0694. The Morgan fingerprint density at radius 3 is 2.91 bits per heavy atom. The van der Waals surface area contributed by atoms with Crippen molar-refractivity contribution in [3.05, 3.63) is 53.1 Å². The van der Waals surface area contributed by atoms with Crippen molar-refractivity contribution >= 4 is 29.0 Å². The van der Waals surface area contributed by atoms with Gasteiger partial charge >= 0.3 is 0 Å². The lowest BCUT2D eigenvalue weighted by molar-refractivity contribution is -0.127.